The molecule has 2 aromatic rings. The summed E-state index contributed by atoms with van der Waals surface area (Å²) in [6.45, 7) is 0.791. The molecule has 8 nitrogen and oxygen atoms in total. The summed E-state index contributed by atoms with van der Waals surface area (Å²) in [4.78, 5) is 25.7. The molecule has 0 radical (unpaired) electrons. The first kappa shape index (κ1) is 22.5. The van der Waals surface area contributed by atoms with Crippen LogP contribution in [0.4, 0.5) is 9.18 Å². The van der Waals surface area contributed by atoms with Gasteiger partial charge in [-0.25, -0.2) is 17.6 Å². The van der Waals surface area contributed by atoms with Crippen molar-refractivity contribution in [2.24, 2.45) is 0 Å². The van der Waals surface area contributed by atoms with Gasteiger partial charge in [-0.1, -0.05) is 23.7 Å². The van der Waals surface area contributed by atoms with Crippen LogP contribution >= 0.6 is 22.9 Å². The van der Waals surface area contributed by atoms with Gasteiger partial charge in [0.15, 0.2) is 0 Å². The maximum absolute atomic E-state index is 12.9. The van der Waals surface area contributed by atoms with E-state index in [1.54, 1.807) is 12.1 Å². The van der Waals surface area contributed by atoms with Crippen LogP contribution in [-0.2, 0) is 21.4 Å². The van der Waals surface area contributed by atoms with Crippen LogP contribution in [0.25, 0.3) is 0 Å². The van der Waals surface area contributed by atoms with Crippen LogP contribution in [0.5, 0.6) is 0 Å². The number of nitrogens with zero attached hydrogens (tertiary/aromatic N) is 2. The third kappa shape index (κ3) is 5.69. The standard InChI is InChI=1S/C18H20ClFN4O4S2/c19-15-5-6-17(29-15)30(27,28)24-9-7-23(8-10-24)16(25)12-22-18(26)21-11-13-1-3-14(20)4-2-13/h1-6H,7-12H2,(H2,21,22,26). The molecule has 12 heteroatoms. The van der Waals surface area contributed by atoms with Gasteiger partial charge >= 0.3 is 6.03 Å². The Morgan fingerprint density at radius 1 is 1.03 bits per heavy atom. The van der Waals surface area contributed by atoms with E-state index in [1.165, 1.54) is 33.5 Å². The Hall–Kier alpha value is -2.21. The zero-order valence-electron chi connectivity index (χ0n) is 15.8. The normalized spacial score (nSPS) is 15.1. The molecule has 0 unspecified atom stereocenters. The number of thiophene rings is 1. The largest absolute Gasteiger partial charge is 0.339 e. The molecule has 2 N–H and O–H groups in total. The summed E-state index contributed by atoms with van der Waals surface area (Å²) in [6, 6.07) is 8.18. The zero-order valence-corrected chi connectivity index (χ0v) is 18.2. The molecule has 1 aromatic carbocycles. The minimum absolute atomic E-state index is 0.167. The zero-order chi connectivity index (χ0) is 21.7. The van der Waals surface area contributed by atoms with Gasteiger partial charge in [0.1, 0.15) is 10.0 Å². The predicted molar refractivity (Wildman–Crippen MR) is 111 cm³/mol. The molecular weight excluding hydrogens is 455 g/mol. The summed E-state index contributed by atoms with van der Waals surface area (Å²) in [5.41, 5.74) is 0.724. The fourth-order valence-electron chi connectivity index (χ4n) is 2.86. The summed E-state index contributed by atoms with van der Waals surface area (Å²) in [5, 5.41) is 5.05. The molecule has 1 fully saturated rings. The number of amides is 3. The Kier molecular flexibility index (Phi) is 7.29. The molecule has 0 spiro atoms. The van der Waals surface area contributed by atoms with Crippen molar-refractivity contribution >= 4 is 44.9 Å². The van der Waals surface area contributed by atoms with E-state index < -0.39 is 16.1 Å². The van der Waals surface area contributed by atoms with E-state index in [9.17, 15) is 22.4 Å². The molecule has 1 aromatic heterocycles. The lowest BCUT2D eigenvalue weighted by atomic mass is 10.2. The summed E-state index contributed by atoms with van der Waals surface area (Å²) >= 11 is 6.81. The SMILES string of the molecule is O=C(NCC(=O)N1CCN(S(=O)(=O)c2ccc(Cl)s2)CC1)NCc1ccc(F)cc1. The van der Waals surface area contributed by atoms with Crippen molar-refractivity contribution in [2.45, 2.75) is 10.8 Å². The number of carbonyl (C=O) groups is 2. The van der Waals surface area contributed by atoms with E-state index in [0.717, 1.165) is 16.9 Å². The van der Waals surface area contributed by atoms with Gasteiger partial charge < -0.3 is 15.5 Å². The molecule has 0 saturated carbocycles. The number of piperazine rings is 1. The van der Waals surface area contributed by atoms with E-state index in [4.69, 9.17) is 11.6 Å². The monoisotopic (exact) mass is 474 g/mol. The van der Waals surface area contributed by atoms with Crippen LogP contribution in [0.1, 0.15) is 5.56 Å². The predicted octanol–water partition coefficient (Wildman–Crippen LogP) is 1.87. The first-order valence-corrected chi connectivity index (χ1v) is 11.7. The second-order valence-electron chi connectivity index (χ2n) is 6.51. The molecule has 162 valence electrons. The summed E-state index contributed by atoms with van der Waals surface area (Å²) < 4.78 is 39.9. The minimum atomic E-state index is -3.63. The Labute approximate surface area is 182 Å². The van der Waals surface area contributed by atoms with Crippen LogP contribution in [0.2, 0.25) is 4.34 Å². The third-order valence-corrected chi connectivity index (χ3v) is 8.10. The first-order chi connectivity index (χ1) is 14.3. The molecule has 1 aliphatic heterocycles. The summed E-state index contributed by atoms with van der Waals surface area (Å²) in [5.74, 6) is -0.663. The van der Waals surface area contributed by atoms with Crippen molar-refractivity contribution in [1.82, 2.24) is 19.8 Å². The molecular formula is C18H20ClFN4O4S2. The number of rotatable bonds is 6. The Bertz CT molecular complexity index is 1010. The highest BCUT2D eigenvalue weighted by molar-refractivity contribution is 7.91. The molecule has 0 aliphatic carbocycles. The Balaban J connectivity index is 1.41. The molecule has 3 amide bonds. The van der Waals surface area contributed by atoms with Crippen molar-refractivity contribution in [3.63, 3.8) is 0 Å². The van der Waals surface area contributed by atoms with Crippen molar-refractivity contribution in [2.75, 3.05) is 32.7 Å². The average Bonchev–Trinajstić information content (AvgIpc) is 3.19. The van der Waals surface area contributed by atoms with Crippen LogP contribution in [0.15, 0.2) is 40.6 Å². The minimum Gasteiger partial charge on any atom is -0.339 e. The maximum atomic E-state index is 12.9. The fourth-order valence-corrected chi connectivity index (χ4v) is 5.92. The molecule has 30 heavy (non-hydrogen) atoms. The van der Waals surface area contributed by atoms with Crippen molar-refractivity contribution in [3.8, 4) is 0 Å². The van der Waals surface area contributed by atoms with Crippen LogP contribution in [-0.4, -0.2) is 62.3 Å². The van der Waals surface area contributed by atoms with E-state index >= 15 is 0 Å². The van der Waals surface area contributed by atoms with E-state index in [2.05, 4.69) is 10.6 Å². The van der Waals surface area contributed by atoms with E-state index in [1.807, 2.05) is 0 Å². The average molecular weight is 475 g/mol. The van der Waals surface area contributed by atoms with Gasteiger partial charge in [-0.05, 0) is 29.8 Å². The fraction of sp³-hybridized carbons (Fsp3) is 0.333. The number of sulfonamides is 1. The number of benzene rings is 1. The summed E-state index contributed by atoms with van der Waals surface area (Å²) in [6.07, 6.45) is 0. The molecule has 1 aliphatic rings. The van der Waals surface area contributed by atoms with Crippen molar-refractivity contribution in [1.29, 1.82) is 0 Å². The van der Waals surface area contributed by atoms with Gasteiger partial charge in [-0.2, -0.15) is 4.31 Å². The smallest absolute Gasteiger partial charge is 0.315 e. The lowest BCUT2D eigenvalue weighted by Gasteiger charge is -2.33. The van der Waals surface area contributed by atoms with Gasteiger partial charge in [0.2, 0.25) is 5.91 Å². The molecule has 2 heterocycles. The number of carbonyl (C=O) groups excluding carboxylic acids is 2. The van der Waals surface area contributed by atoms with Crippen molar-refractivity contribution < 1.29 is 22.4 Å². The molecule has 3 rings (SSSR count). The second kappa shape index (κ2) is 9.73. The Morgan fingerprint density at radius 2 is 1.70 bits per heavy atom. The van der Waals surface area contributed by atoms with Crippen LogP contribution in [0, 0.1) is 5.82 Å². The lowest BCUT2D eigenvalue weighted by Crippen LogP contribution is -2.52. The van der Waals surface area contributed by atoms with Gasteiger partial charge in [-0.15, -0.1) is 11.3 Å². The number of nitrogens with one attached hydrogen (secondary N) is 2. The molecule has 0 atom stereocenters. The maximum Gasteiger partial charge on any atom is 0.315 e. The first-order valence-electron chi connectivity index (χ1n) is 9.05. The van der Waals surface area contributed by atoms with E-state index in [-0.39, 0.29) is 55.2 Å². The third-order valence-electron chi connectivity index (χ3n) is 4.50. The summed E-state index contributed by atoms with van der Waals surface area (Å²) in [7, 11) is -3.63. The van der Waals surface area contributed by atoms with Gasteiger partial charge in [0, 0.05) is 32.7 Å². The van der Waals surface area contributed by atoms with Crippen LogP contribution in [0.3, 0.4) is 0 Å². The topological polar surface area (TPSA) is 98.8 Å². The highest BCUT2D eigenvalue weighted by atomic mass is 35.5. The van der Waals surface area contributed by atoms with E-state index in [0.29, 0.717) is 4.34 Å². The number of hydrogen-bond acceptors (Lipinski definition) is 5. The van der Waals surface area contributed by atoms with Gasteiger partial charge in [0.05, 0.1) is 10.9 Å². The highest BCUT2D eigenvalue weighted by Crippen LogP contribution is 2.28. The quantitative estimate of drug-likeness (QED) is 0.667. The number of urea groups is 1. The van der Waals surface area contributed by atoms with Gasteiger partial charge in [-0.3, -0.25) is 4.79 Å². The lowest BCUT2D eigenvalue weighted by molar-refractivity contribution is -0.131. The van der Waals surface area contributed by atoms with Crippen molar-refractivity contribution in [3.05, 3.63) is 52.1 Å². The number of hydrogen-bond donors (Lipinski definition) is 2. The van der Waals surface area contributed by atoms with Gasteiger partial charge in [0.25, 0.3) is 10.0 Å². The van der Waals surface area contributed by atoms with Crippen LogP contribution < -0.4 is 10.6 Å². The highest BCUT2D eigenvalue weighted by Gasteiger charge is 2.31. The number of halogens is 2. The Morgan fingerprint density at radius 3 is 2.30 bits per heavy atom. The molecule has 1 saturated heterocycles. The second-order valence-corrected chi connectivity index (χ2v) is 10.4. The molecule has 0 bridgehead atoms.